The fraction of sp³-hybridized carbons (Fsp3) is 0.296. The standard InChI is InChI=1S/C27H29N9O/c1-35-33-16-24(34-35)21-4-2-19(3-5-21)15-29-26-13-23(31-18-32-26)25-17-30-27-12-22(7-10-36(25)27)37-11-8-20-6-9-28-14-20/h2-5,7,10,12-13,16-18,20,28H,6,8-9,11,14-15H2,1H3,(H,29,31,32). The number of pyridine rings is 1. The monoisotopic (exact) mass is 495 g/mol. The van der Waals surface area contributed by atoms with Gasteiger partial charge in [-0.1, -0.05) is 24.3 Å². The highest BCUT2D eigenvalue weighted by Crippen LogP contribution is 2.24. The van der Waals surface area contributed by atoms with E-state index in [-0.39, 0.29) is 0 Å². The van der Waals surface area contributed by atoms with Crippen molar-refractivity contribution in [2.75, 3.05) is 25.0 Å². The smallest absolute Gasteiger partial charge is 0.140 e. The van der Waals surface area contributed by atoms with Crippen LogP contribution in [0, 0.1) is 5.92 Å². The third-order valence-corrected chi connectivity index (χ3v) is 6.69. The Kier molecular flexibility index (Phi) is 6.47. The van der Waals surface area contributed by atoms with Crippen LogP contribution in [-0.2, 0) is 13.6 Å². The number of fused-ring (bicyclic) bond motifs is 1. The first-order chi connectivity index (χ1) is 18.2. The fourth-order valence-corrected chi connectivity index (χ4v) is 4.60. The summed E-state index contributed by atoms with van der Waals surface area (Å²) in [5.74, 6) is 2.30. The van der Waals surface area contributed by atoms with Gasteiger partial charge in [0, 0.05) is 37.5 Å². The van der Waals surface area contributed by atoms with Crippen molar-refractivity contribution in [2.24, 2.45) is 13.0 Å². The van der Waals surface area contributed by atoms with Gasteiger partial charge < -0.3 is 15.4 Å². The predicted octanol–water partition coefficient (Wildman–Crippen LogP) is 3.58. The van der Waals surface area contributed by atoms with Crippen LogP contribution in [0.4, 0.5) is 5.82 Å². The largest absolute Gasteiger partial charge is 0.493 e. The maximum absolute atomic E-state index is 5.99. The first-order valence-electron chi connectivity index (χ1n) is 12.5. The zero-order chi connectivity index (χ0) is 25.0. The molecule has 5 heterocycles. The summed E-state index contributed by atoms with van der Waals surface area (Å²) >= 11 is 0. The molecule has 10 nitrogen and oxygen atoms in total. The van der Waals surface area contributed by atoms with E-state index in [0.717, 1.165) is 71.5 Å². The van der Waals surface area contributed by atoms with E-state index in [4.69, 9.17) is 4.74 Å². The highest BCUT2D eigenvalue weighted by molar-refractivity contribution is 5.63. The number of hydrogen-bond acceptors (Lipinski definition) is 8. The molecule has 1 fully saturated rings. The third kappa shape index (κ3) is 5.29. The maximum atomic E-state index is 5.99. The summed E-state index contributed by atoms with van der Waals surface area (Å²) in [5.41, 5.74) is 5.55. The molecule has 0 amide bonds. The van der Waals surface area contributed by atoms with Gasteiger partial charge in [0.2, 0.25) is 0 Å². The summed E-state index contributed by atoms with van der Waals surface area (Å²) in [5, 5.41) is 15.3. The second-order valence-electron chi connectivity index (χ2n) is 9.29. The average Bonchev–Trinajstić information content (AvgIpc) is 3.69. The van der Waals surface area contributed by atoms with Crippen LogP contribution in [-0.4, -0.2) is 54.0 Å². The summed E-state index contributed by atoms with van der Waals surface area (Å²) in [6.45, 7) is 3.58. The van der Waals surface area contributed by atoms with E-state index in [9.17, 15) is 0 Å². The molecule has 0 spiro atoms. The number of ether oxygens (including phenoxy) is 1. The molecule has 0 saturated carbocycles. The fourth-order valence-electron chi connectivity index (χ4n) is 4.60. The molecule has 5 aromatic rings. The topological polar surface area (TPSA) is 107 Å². The normalized spacial score (nSPS) is 15.3. The van der Waals surface area contributed by atoms with Crippen molar-refractivity contribution in [3.8, 4) is 28.4 Å². The van der Waals surface area contributed by atoms with Crippen LogP contribution in [0.2, 0.25) is 0 Å². The Hall–Kier alpha value is -4.31. The van der Waals surface area contributed by atoms with Crippen molar-refractivity contribution in [2.45, 2.75) is 19.4 Å². The number of nitrogens with zero attached hydrogens (tertiary/aromatic N) is 7. The van der Waals surface area contributed by atoms with Crippen molar-refractivity contribution in [3.63, 3.8) is 0 Å². The molecule has 0 bridgehead atoms. The van der Waals surface area contributed by atoms with E-state index < -0.39 is 0 Å². The lowest BCUT2D eigenvalue weighted by molar-refractivity contribution is 0.283. The number of rotatable bonds is 9. The zero-order valence-corrected chi connectivity index (χ0v) is 20.7. The van der Waals surface area contributed by atoms with Gasteiger partial charge in [-0.25, -0.2) is 15.0 Å². The number of nitrogens with one attached hydrogen (secondary N) is 2. The average molecular weight is 496 g/mol. The Labute approximate surface area is 214 Å². The minimum atomic E-state index is 0.641. The van der Waals surface area contributed by atoms with E-state index in [1.165, 1.54) is 6.42 Å². The van der Waals surface area contributed by atoms with Crippen LogP contribution < -0.4 is 15.4 Å². The van der Waals surface area contributed by atoms with Crippen LogP contribution in [0.3, 0.4) is 0 Å². The third-order valence-electron chi connectivity index (χ3n) is 6.69. The van der Waals surface area contributed by atoms with Gasteiger partial charge in [-0.15, -0.1) is 0 Å². The molecule has 0 radical (unpaired) electrons. The van der Waals surface area contributed by atoms with Gasteiger partial charge in [-0.05, 0) is 43.5 Å². The lowest BCUT2D eigenvalue weighted by atomic mass is 10.1. The number of aryl methyl sites for hydroxylation is 1. The van der Waals surface area contributed by atoms with Crippen molar-refractivity contribution in [1.29, 1.82) is 0 Å². The molecular weight excluding hydrogens is 466 g/mol. The summed E-state index contributed by atoms with van der Waals surface area (Å²) in [4.78, 5) is 15.0. The summed E-state index contributed by atoms with van der Waals surface area (Å²) in [6, 6.07) is 14.2. The Bertz CT molecular complexity index is 1490. The van der Waals surface area contributed by atoms with Crippen LogP contribution in [0.25, 0.3) is 28.3 Å². The molecule has 188 valence electrons. The second-order valence-corrected chi connectivity index (χ2v) is 9.29. The summed E-state index contributed by atoms with van der Waals surface area (Å²) in [7, 11) is 1.81. The molecule has 0 aliphatic carbocycles. The van der Waals surface area contributed by atoms with E-state index in [1.54, 1.807) is 17.3 Å². The molecule has 1 aliphatic heterocycles. The summed E-state index contributed by atoms with van der Waals surface area (Å²) < 4.78 is 8.01. The Morgan fingerprint density at radius 1 is 1.05 bits per heavy atom. The molecule has 10 heteroatoms. The molecule has 1 aromatic carbocycles. The minimum absolute atomic E-state index is 0.641. The lowest BCUT2D eigenvalue weighted by Gasteiger charge is -2.10. The second kappa shape index (κ2) is 10.4. The number of benzene rings is 1. The molecule has 4 aromatic heterocycles. The van der Waals surface area contributed by atoms with Gasteiger partial charge in [0.05, 0.1) is 30.4 Å². The molecule has 2 N–H and O–H groups in total. The summed E-state index contributed by atoms with van der Waals surface area (Å²) in [6.07, 6.45) is 9.46. The molecule has 6 rings (SSSR count). The van der Waals surface area contributed by atoms with Crippen molar-refractivity contribution in [1.82, 2.24) is 39.7 Å². The highest BCUT2D eigenvalue weighted by atomic mass is 16.5. The minimum Gasteiger partial charge on any atom is -0.493 e. The van der Waals surface area contributed by atoms with Crippen LogP contribution in [0.1, 0.15) is 18.4 Å². The molecule has 1 unspecified atom stereocenters. The first kappa shape index (κ1) is 23.1. The number of aromatic nitrogens is 7. The molecule has 1 aliphatic rings. The van der Waals surface area contributed by atoms with Crippen LogP contribution in [0.5, 0.6) is 5.75 Å². The van der Waals surface area contributed by atoms with Crippen LogP contribution >= 0.6 is 0 Å². The van der Waals surface area contributed by atoms with Gasteiger partial charge in [0.1, 0.15) is 29.2 Å². The predicted molar refractivity (Wildman–Crippen MR) is 141 cm³/mol. The maximum Gasteiger partial charge on any atom is 0.140 e. The Morgan fingerprint density at radius 2 is 1.97 bits per heavy atom. The van der Waals surface area contributed by atoms with E-state index in [0.29, 0.717) is 12.5 Å². The highest BCUT2D eigenvalue weighted by Gasteiger charge is 2.14. The van der Waals surface area contributed by atoms with Crippen molar-refractivity contribution >= 4 is 11.5 Å². The number of imidazole rings is 1. The van der Waals surface area contributed by atoms with Crippen molar-refractivity contribution < 1.29 is 4.74 Å². The SMILES string of the molecule is Cn1ncc(-c2ccc(CNc3cc(-c4cnc5cc(OCCC6CCNC6)ccn45)ncn3)cc2)n1. The van der Waals surface area contributed by atoms with Gasteiger partial charge in [0.25, 0.3) is 0 Å². The van der Waals surface area contributed by atoms with Gasteiger partial charge >= 0.3 is 0 Å². The molecule has 1 saturated heterocycles. The number of hydrogen-bond donors (Lipinski definition) is 2. The Morgan fingerprint density at radius 3 is 2.78 bits per heavy atom. The lowest BCUT2D eigenvalue weighted by Crippen LogP contribution is -2.11. The van der Waals surface area contributed by atoms with E-state index in [1.807, 2.05) is 42.0 Å². The van der Waals surface area contributed by atoms with Gasteiger partial charge in [-0.2, -0.15) is 15.0 Å². The molecular formula is C27H29N9O. The van der Waals surface area contributed by atoms with Gasteiger partial charge in [-0.3, -0.25) is 4.40 Å². The molecule has 1 atom stereocenters. The van der Waals surface area contributed by atoms with E-state index >= 15 is 0 Å². The van der Waals surface area contributed by atoms with E-state index in [2.05, 4.69) is 60.0 Å². The Balaban J connectivity index is 1.10. The zero-order valence-electron chi connectivity index (χ0n) is 20.7. The van der Waals surface area contributed by atoms with Crippen molar-refractivity contribution in [3.05, 3.63) is 72.9 Å². The van der Waals surface area contributed by atoms with Gasteiger partial charge in [0.15, 0.2) is 0 Å². The van der Waals surface area contributed by atoms with Crippen LogP contribution in [0.15, 0.2) is 67.4 Å². The number of anilines is 1. The quantitative estimate of drug-likeness (QED) is 0.320. The molecule has 37 heavy (non-hydrogen) atoms. The first-order valence-corrected chi connectivity index (χ1v) is 12.5.